The number of aromatic nitrogens is 2. The molecule has 0 spiro atoms. The maximum atomic E-state index is 13.9. The van der Waals surface area contributed by atoms with Crippen LogP contribution in [0, 0.1) is 5.82 Å². The smallest absolute Gasteiger partial charge is 0.254 e. The summed E-state index contributed by atoms with van der Waals surface area (Å²) in [5, 5.41) is 4.20. The number of benzene rings is 2. The second-order valence-electron chi connectivity index (χ2n) is 6.23. The van der Waals surface area contributed by atoms with Crippen molar-refractivity contribution in [2.45, 2.75) is 0 Å². The second-order valence-corrected chi connectivity index (χ2v) is 6.23. The Balaban J connectivity index is 1.46. The Morgan fingerprint density at radius 2 is 1.77 bits per heavy atom. The summed E-state index contributed by atoms with van der Waals surface area (Å²) in [4.78, 5) is 16.6. The first kappa shape index (κ1) is 16.3. The number of carbonyl (C=O) groups is 1. The van der Waals surface area contributed by atoms with Gasteiger partial charge in [0.2, 0.25) is 0 Å². The molecule has 2 aromatic carbocycles. The lowest BCUT2D eigenvalue weighted by Gasteiger charge is -2.36. The fraction of sp³-hybridized carbons (Fsp3) is 0.200. The van der Waals surface area contributed by atoms with Gasteiger partial charge < -0.3 is 9.80 Å². The summed E-state index contributed by atoms with van der Waals surface area (Å²) in [7, 11) is 0. The molecule has 1 saturated heterocycles. The molecule has 1 fully saturated rings. The highest BCUT2D eigenvalue weighted by atomic mass is 19.1. The van der Waals surface area contributed by atoms with E-state index in [0.717, 1.165) is 5.69 Å². The molecule has 3 aromatic rings. The molecule has 0 bridgehead atoms. The Kier molecular flexibility index (Phi) is 4.39. The number of anilines is 1. The predicted octanol–water partition coefficient (Wildman–Crippen LogP) is 2.97. The Labute approximate surface area is 151 Å². The van der Waals surface area contributed by atoms with E-state index in [1.807, 2.05) is 52.4 Å². The highest BCUT2D eigenvalue weighted by Gasteiger charge is 2.23. The number of amides is 1. The molecule has 1 aliphatic heterocycles. The maximum absolute atomic E-state index is 13.9. The first-order chi connectivity index (χ1) is 12.7. The normalized spacial score (nSPS) is 14.5. The summed E-state index contributed by atoms with van der Waals surface area (Å²) < 4.78 is 15.7. The van der Waals surface area contributed by atoms with Crippen LogP contribution in [0.25, 0.3) is 5.69 Å². The highest BCUT2D eigenvalue weighted by molar-refractivity contribution is 5.95. The van der Waals surface area contributed by atoms with Gasteiger partial charge in [0.05, 0.1) is 11.4 Å². The van der Waals surface area contributed by atoms with Gasteiger partial charge in [-0.2, -0.15) is 5.10 Å². The SMILES string of the molecule is O=C(c1cccc(-n2cccn2)c1)N1CCN(c2ccccc2F)CC1. The minimum atomic E-state index is -0.223. The summed E-state index contributed by atoms with van der Waals surface area (Å²) in [5.74, 6) is -0.230. The van der Waals surface area contributed by atoms with Crippen LogP contribution in [0.2, 0.25) is 0 Å². The fourth-order valence-electron chi connectivity index (χ4n) is 3.24. The van der Waals surface area contributed by atoms with Crippen molar-refractivity contribution in [1.29, 1.82) is 0 Å². The van der Waals surface area contributed by atoms with Crippen LogP contribution in [0.1, 0.15) is 10.4 Å². The molecule has 5 nitrogen and oxygen atoms in total. The van der Waals surface area contributed by atoms with Crippen molar-refractivity contribution in [3.8, 4) is 5.69 Å². The number of carbonyl (C=O) groups excluding carboxylic acids is 1. The zero-order valence-electron chi connectivity index (χ0n) is 14.3. The Morgan fingerprint density at radius 1 is 0.962 bits per heavy atom. The van der Waals surface area contributed by atoms with Crippen molar-refractivity contribution in [1.82, 2.24) is 14.7 Å². The zero-order chi connectivity index (χ0) is 17.9. The number of nitrogens with zero attached hydrogens (tertiary/aromatic N) is 4. The van der Waals surface area contributed by atoms with Crippen molar-refractivity contribution in [2.75, 3.05) is 31.1 Å². The van der Waals surface area contributed by atoms with Crippen LogP contribution >= 0.6 is 0 Å². The van der Waals surface area contributed by atoms with E-state index >= 15 is 0 Å². The summed E-state index contributed by atoms with van der Waals surface area (Å²) in [5.41, 5.74) is 2.09. The van der Waals surface area contributed by atoms with Crippen molar-refractivity contribution in [2.24, 2.45) is 0 Å². The van der Waals surface area contributed by atoms with E-state index in [1.54, 1.807) is 23.0 Å². The monoisotopic (exact) mass is 350 g/mol. The van der Waals surface area contributed by atoms with Gasteiger partial charge in [-0.15, -0.1) is 0 Å². The molecule has 132 valence electrons. The van der Waals surface area contributed by atoms with Crippen molar-refractivity contribution >= 4 is 11.6 Å². The molecule has 0 N–H and O–H groups in total. The van der Waals surface area contributed by atoms with E-state index < -0.39 is 0 Å². The van der Waals surface area contributed by atoms with Gasteiger partial charge in [-0.3, -0.25) is 4.79 Å². The number of para-hydroxylation sites is 1. The van der Waals surface area contributed by atoms with Gasteiger partial charge in [0, 0.05) is 44.1 Å². The zero-order valence-corrected chi connectivity index (χ0v) is 14.3. The molecule has 6 heteroatoms. The lowest BCUT2D eigenvalue weighted by atomic mass is 10.1. The van der Waals surface area contributed by atoms with Gasteiger partial charge in [-0.1, -0.05) is 18.2 Å². The van der Waals surface area contributed by atoms with Gasteiger partial charge in [0.1, 0.15) is 5.82 Å². The molecule has 0 unspecified atom stereocenters. The lowest BCUT2D eigenvalue weighted by Crippen LogP contribution is -2.49. The Morgan fingerprint density at radius 3 is 2.50 bits per heavy atom. The molecule has 4 rings (SSSR count). The van der Waals surface area contributed by atoms with Crippen LogP contribution in [0.15, 0.2) is 67.0 Å². The maximum Gasteiger partial charge on any atom is 0.254 e. The van der Waals surface area contributed by atoms with E-state index in [1.165, 1.54) is 6.07 Å². The summed E-state index contributed by atoms with van der Waals surface area (Å²) in [6, 6.07) is 16.0. The minimum Gasteiger partial charge on any atom is -0.366 e. The predicted molar refractivity (Wildman–Crippen MR) is 98.1 cm³/mol. The minimum absolute atomic E-state index is 0.00723. The molecule has 2 heterocycles. The van der Waals surface area contributed by atoms with Gasteiger partial charge in [-0.05, 0) is 36.4 Å². The fourth-order valence-corrected chi connectivity index (χ4v) is 3.24. The van der Waals surface area contributed by atoms with E-state index in [9.17, 15) is 9.18 Å². The molecule has 0 aliphatic carbocycles. The average molecular weight is 350 g/mol. The molecular formula is C20H19FN4O. The van der Waals surface area contributed by atoms with Crippen LogP contribution in [0.4, 0.5) is 10.1 Å². The molecule has 1 aromatic heterocycles. The first-order valence-corrected chi connectivity index (χ1v) is 8.61. The van der Waals surface area contributed by atoms with Gasteiger partial charge in [0.25, 0.3) is 5.91 Å². The average Bonchev–Trinajstić information content (AvgIpc) is 3.23. The molecule has 0 saturated carbocycles. The van der Waals surface area contributed by atoms with Gasteiger partial charge in [-0.25, -0.2) is 9.07 Å². The topological polar surface area (TPSA) is 41.4 Å². The molecular weight excluding hydrogens is 331 g/mol. The van der Waals surface area contributed by atoms with Gasteiger partial charge >= 0.3 is 0 Å². The van der Waals surface area contributed by atoms with E-state index in [2.05, 4.69) is 5.10 Å². The van der Waals surface area contributed by atoms with Crippen LogP contribution in [-0.2, 0) is 0 Å². The highest BCUT2D eigenvalue weighted by Crippen LogP contribution is 2.21. The van der Waals surface area contributed by atoms with E-state index in [0.29, 0.717) is 37.4 Å². The third kappa shape index (κ3) is 3.18. The van der Waals surface area contributed by atoms with E-state index in [-0.39, 0.29) is 11.7 Å². The Bertz CT molecular complexity index is 902. The van der Waals surface area contributed by atoms with Crippen LogP contribution in [0.5, 0.6) is 0 Å². The summed E-state index contributed by atoms with van der Waals surface area (Å²) in [6.45, 7) is 2.37. The second kappa shape index (κ2) is 7.00. The number of halogens is 1. The number of rotatable bonds is 3. The molecule has 1 amide bonds. The standard InChI is InChI=1S/C20H19FN4O/c21-18-7-1-2-8-19(18)23-11-13-24(14-12-23)20(26)16-5-3-6-17(15-16)25-10-4-9-22-25/h1-10,15H,11-14H2. The largest absolute Gasteiger partial charge is 0.366 e. The van der Waals surface area contributed by atoms with Crippen LogP contribution in [0.3, 0.4) is 0 Å². The summed E-state index contributed by atoms with van der Waals surface area (Å²) >= 11 is 0. The molecule has 1 aliphatic rings. The summed E-state index contributed by atoms with van der Waals surface area (Å²) in [6.07, 6.45) is 3.55. The Hall–Kier alpha value is -3.15. The van der Waals surface area contributed by atoms with Crippen molar-refractivity contribution in [3.05, 3.63) is 78.4 Å². The van der Waals surface area contributed by atoms with Crippen LogP contribution < -0.4 is 4.90 Å². The van der Waals surface area contributed by atoms with Crippen molar-refractivity contribution < 1.29 is 9.18 Å². The third-order valence-electron chi connectivity index (χ3n) is 4.62. The van der Waals surface area contributed by atoms with Crippen LogP contribution in [-0.4, -0.2) is 46.8 Å². The third-order valence-corrected chi connectivity index (χ3v) is 4.62. The molecule has 0 atom stereocenters. The first-order valence-electron chi connectivity index (χ1n) is 8.61. The van der Waals surface area contributed by atoms with Crippen molar-refractivity contribution in [3.63, 3.8) is 0 Å². The quantitative estimate of drug-likeness (QED) is 0.729. The van der Waals surface area contributed by atoms with Gasteiger partial charge in [0.15, 0.2) is 0 Å². The number of hydrogen-bond acceptors (Lipinski definition) is 3. The molecule has 26 heavy (non-hydrogen) atoms. The van der Waals surface area contributed by atoms with E-state index in [4.69, 9.17) is 0 Å². The number of hydrogen-bond donors (Lipinski definition) is 0. The lowest BCUT2D eigenvalue weighted by molar-refractivity contribution is 0.0746. The number of piperazine rings is 1. The molecule has 0 radical (unpaired) electrons.